The number of halogens is 1. The fourth-order valence-electron chi connectivity index (χ4n) is 4.66. The lowest BCUT2D eigenvalue weighted by Crippen LogP contribution is -2.49. The smallest absolute Gasteiger partial charge is 0.166 e. The highest BCUT2D eigenvalue weighted by atomic mass is 32.1. The summed E-state index contributed by atoms with van der Waals surface area (Å²) in [4.78, 5) is 15.6. The van der Waals surface area contributed by atoms with E-state index in [0.29, 0.717) is 52.6 Å². The molecule has 4 aromatic rings. The third kappa shape index (κ3) is 4.15. The zero-order valence-corrected chi connectivity index (χ0v) is 20.4. The van der Waals surface area contributed by atoms with Crippen LogP contribution in [0.25, 0.3) is 21.1 Å². The summed E-state index contributed by atoms with van der Waals surface area (Å²) >= 11 is 1.28. The summed E-state index contributed by atoms with van der Waals surface area (Å²) in [7, 11) is 0. The maximum atomic E-state index is 15.2. The van der Waals surface area contributed by atoms with E-state index in [2.05, 4.69) is 56.5 Å². The maximum Gasteiger partial charge on any atom is 0.166 e. The number of rotatable bonds is 6. The number of nitrogens with zero attached hydrogens (tertiary/aromatic N) is 4. The molecule has 182 valence electrons. The summed E-state index contributed by atoms with van der Waals surface area (Å²) in [5.74, 6) is 1.18. The molecule has 0 bridgehead atoms. The Morgan fingerprint density at radius 3 is 2.91 bits per heavy atom. The van der Waals surface area contributed by atoms with Crippen LogP contribution in [-0.2, 0) is 4.74 Å². The van der Waals surface area contributed by atoms with Crippen LogP contribution in [0.4, 0.5) is 21.6 Å². The maximum absolute atomic E-state index is 15.2. The van der Waals surface area contributed by atoms with Crippen LogP contribution < -0.4 is 20.3 Å². The van der Waals surface area contributed by atoms with Crippen LogP contribution in [0.1, 0.15) is 13.8 Å². The molecule has 0 amide bonds. The molecule has 2 aromatic heterocycles. The van der Waals surface area contributed by atoms with Crippen LogP contribution in [0.5, 0.6) is 5.75 Å². The van der Waals surface area contributed by atoms with Gasteiger partial charge in [-0.05, 0) is 32.0 Å². The Balaban J connectivity index is 1.44. The van der Waals surface area contributed by atoms with E-state index in [-0.39, 0.29) is 11.9 Å². The second-order valence-electron chi connectivity index (χ2n) is 9.18. The van der Waals surface area contributed by atoms with Crippen LogP contribution in [0, 0.1) is 11.7 Å². The summed E-state index contributed by atoms with van der Waals surface area (Å²) in [6, 6.07) is 7.97. The highest BCUT2D eigenvalue weighted by molar-refractivity contribution is 7.16. The van der Waals surface area contributed by atoms with E-state index in [1.54, 1.807) is 17.6 Å². The van der Waals surface area contributed by atoms with Crippen molar-refractivity contribution in [1.29, 1.82) is 0 Å². The molecule has 2 aliphatic heterocycles. The highest BCUT2D eigenvalue weighted by Crippen LogP contribution is 2.39. The van der Waals surface area contributed by atoms with Crippen molar-refractivity contribution in [2.45, 2.75) is 26.0 Å². The third-order valence-electron chi connectivity index (χ3n) is 6.85. The van der Waals surface area contributed by atoms with Gasteiger partial charge in [0.05, 0.1) is 45.5 Å². The Bertz CT molecular complexity index is 1380. The molecule has 2 N–H and O–H groups in total. The zero-order valence-electron chi connectivity index (χ0n) is 19.6. The number of thiazole rings is 1. The second-order valence-corrected chi connectivity index (χ2v) is 10.0. The molecule has 4 heterocycles. The molecule has 2 fully saturated rings. The lowest BCUT2D eigenvalue weighted by molar-refractivity contribution is -0.0773. The van der Waals surface area contributed by atoms with E-state index in [1.165, 1.54) is 17.7 Å². The second kappa shape index (κ2) is 9.18. The Kier molecular flexibility index (Phi) is 5.87. The number of aromatic nitrogens is 3. The average Bonchev–Trinajstić information content (AvgIpc) is 3.30. The van der Waals surface area contributed by atoms with Gasteiger partial charge in [-0.1, -0.05) is 0 Å². The summed E-state index contributed by atoms with van der Waals surface area (Å²) in [5, 5.41) is 7.37. The van der Waals surface area contributed by atoms with Gasteiger partial charge >= 0.3 is 0 Å². The molecule has 0 radical (unpaired) electrons. The van der Waals surface area contributed by atoms with Gasteiger partial charge in [-0.2, -0.15) is 0 Å². The van der Waals surface area contributed by atoms with E-state index in [4.69, 9.17) is 9.47 Å². The van der Waals surface area contributed by atoms with Crippen molar-refractivity contribution in [3.05, 3.63) is 41.9 Å². The number of benzene rings is 2. The van der Waals surface area contributed by atoms with E-state index < -0.39 is 0 Å². The summed E-state index contributed by atoms with van der Waals surface area (Å²) in [5.41, 5.74) is 4.43. The zero-order chi connectivity index (χ0) is 23.9. The van der Waals surface area contributed by atoms with Gasteiger partial charge in [0.2, 0.25) is 0 Å². The first-order valence-electron chi connectivity index (χ1n) is 11.9. The van der Waals surface area contributed by atoms with Crippen LogP contribution in [0.2, 0.25) is 0 Å². The van der Waals surface area contributed by atoms with E-state index in [0.717, 1.165) is 36.2 Å². The van der Waals surface area contributed by atoms with Crippen molar-refractivity contribution in [1.82, 2.24) is 20.3 Å². The van der Waals surface area contributed by atoms with E-state index in [1.807, 2.05) is 0 Å². The summed E-state index contributed by atoms with van der Waals surface area (Å²) in [6.07, 6.45) is 1.46. The minimum Gasteiger partial charge on any atom is -0.489 e. The van der Waals surface area contributed by atoms with Crippen LogP contribution in [-0.4, -0.2) is 59.9 Å². The van der Waals surface area contributed by atoms with Gasteiger partial charge in [-0.15, -0.1) is 11.3 Å². The van der Waals surface area contributed by atoms with E-state index in [9.17, 15) is 0 Å². The predicted molar refractivity (Wildman–Crippen MR) is 136 cm³/mol. The predicted octanol–water partition coefficient (Wildman–Crippen LogP) is 4.33. The normalized spacial score (nSPS) is 19.6. The average molecular weight is 495 g/mol. The SMILES string of the molecule is C[C@H](Oc1cc(N2CCNC[C@H]2C)cc2ncnc(Nc3ccc4ncsc4c3F)c12)C1COC1. The third-order valence-corrected chi connectivity index (χ3v) is 7.69. The molecule has 35 heavy (non-hydrogen) atoms. The number of hydrogen-bond acceptors (Lipinski definition) is 9. The Hall–Kier alpha value is -3.08. The summed E-state index contributed by atoms with van der Waals surface area (Å²) in [6.45, 7) is 8.38. The largest absolute Gasteiger partial charge is 0.489 e. The van der Waals surface area contributed by atoms with Gasteiger partial charge in [-0.25, -0.2) is 19.3 Å². The van der Waals surface area contributed by atoms with Gasteiger partial charge in [0.25, 0.3) is 0 Å². The first-order chi connectivity index (χ1) is 17.1. The molecular weight excluding hydrogens is 467 g/mol. The van der Waals surface area contributed by atoms with Crippen molar-refractivity contribution in [3.63, 3.8) is 0 Å². The number of anilines is 3. The molecule has 2 aromatic carbocycles. The van der Waals surface area contributed by atoms with Gasteiger partial charge in [0, 0.05) is 43.3 Å². The Morgan fingerprint density at radius 1 is 1.23 bits per heavy atom. The quantitative estimate of drug-likeness (QED) is 0.410. The molecule has 0 saturated carbocycles. The van der Waals surface area contributed by atoms with Crippen molar-refractivity contribution < 1.29 is 13.9 Å². The fourth-order valence-corrected chi connectivity index (χ4v) is 5.39. The van der Waals surface area contributed by atoms with Crippen LogP contribution in [0.3, 0.4) is 0 Å². The molecule has 0 spiro atoms. The van der Waals surface area contributed by atoms with Crippen LogP contribution in [0.15, 0.2) is 36.1 Å². The number of fused-ring (bicyclic) bond motifs is 2. The summed E-state index contributed by atoms with van der Waals surface area (Å²) < 4.78 is 27.6. The fraction of sp³-hybridized carbons (Fsp3) is 0.400. The van der Waals surface area contributed by atoms with Crippen molar-refractivity contribution in [3.8, 4) is 5.75 Å². The van der Waals surface area contributed by atoms with Gasteiger partial charge in [0.15, 0.2) is 5.82 Å². The standard InChI is InChI=1S/C25H27FN6O2S/c1-14-9-27-5-6-32(14)17-7-20-22(21(8-17)34-15(2)16-10-33-11-16)25(29-12-28-20)31-18-3-4-19-24(23(18)26)35-13-30-19/h3-4,7-8,12-16,27H,5-6,9-11H2,1-2H3,(H,28,29,31)/t14-,15+/m1/s1. The molecule has 10 heteroatoms. The van der Waals surface area contributed by atoms with Crippen molar-refractivity contribution in [2.24, 2.45) is 5.92 Å². The number of hydrogen-bond donors (Lipinski definition) is 2. The van der Waals surface area contributed by atoms with E-state index >= 15 is 4.39 Å². The molecule has 8 nitrogen and oxygen atoms in total. The van der Waals surface area contributed by atoms with Crippen LogP contribution >= 0.6 is 11.3 Å². The number of ether oxygens (including phenoxy) is 2. The van der Waals surface area contributed by atoms with Gasteiger partial charge in [-0.3, -0.25) is 0 Å². The monoisotopic (exact) mass is 494 g/mol. The molecular formula is C25H27FN6O2S. The molecule has 6 rings (SSSR count). The first kappa shape index (κ1) is 22.4. The topological polar surface area (TPSA) is 84.4 Å². The van der Waals surface area contributed by atoms with Crippen molar-refractivity contribution in [2.75, 3.05) is 43.1 Å². The van der Waals surface area contributed by atoms with Gasteiger partial charge < -0.3 is 25.0 Å². The highest BCUT2D eigenvalue weighted by Gasteiger charge is 2.28. The first-order valence-corrected chi connectivity index (χ1v) is 12.8. The molecule has 2 aliphatic rings. The number of nitrogens with one attached hydrogen (secondary N) is 2. The lowest BCUT2D eigenvalue weighted by Gasteiger charge is -2.36. The van der Waals surface area contributed by atoms with Crippen molar-refractivity contribution >= 4 is 49.6 Å². The lowest BCUT2D eigenvalue weighted by atomic mass is 10.0. The Labute approximate surface area is 206 Å². The number of piperazine rings is 1. The minimum atomic E-state index is -0.342. The molecule has 0 aliphatic carbocycles. The molecule has 2 saturated heterocycles. The molecule has 2 atom stereocenters. The minimum absolute atomic E-state index is 0.0408. The molecule has 0 unspecified atom stereocenters. The Morgan fingerprint density at radius 2 is 2.11 bits per heavy atom. The van der Waals surface area contributed by atoms with Gasteiger partial charge in [0.1, 0.15) is 24.0 Å².